The lowest BCUT2D eigenvalue weighted by Gasteiger charge is -2.61. The minimum Gasteiger partial charge on any atom is -0.477 e. The summed E-state index contributed by atoms with van der Waals surface area (Å²) in [5.41, 5.74) is -1.90. The minimum absolute atomic E-state index is 0.00373. The predicted molar refractivity (Wildman–Crippen MR) is 54.0 cm³/mol. The van der Waals surface area contributed by atoms with Gasteiger partial charge >= 0.3 is 12.1 Å². The van der Waals surface area contributed by atoms with E-state index in [2.05, 4.69) is 5.10 Å². The molecule has 0 spiro atoms. The zero-order valence-electron chi connectivity index (χ0n) is 9.37. The molecular weight excluding hydrogens is 249 g/mol. The van der Waals surface area contributed by atoms with Crippen molar-refractivity contribution in [2.45, 2.75) is 32.0 Å². The number of hydrogen-bond acceptors (Lipinski definition) is 2. The average molecular weight is 260 g/mol. The third kappa shape index (κ3) is 1.53. The first kappa shape index (κ1) is 11.6. The van der Waals surface area contributed by atoms with Crippen LogP contribution >= 0.6 is 0 Å². The molecule has 0 radical (unpaired) electrons. The monoisotopic (exact) mass is 260 g/mol. The van der Waals surface area contributed by atoms with E-state index in [1.165, 1.54) is 0 Å². The molecule has 18 heavy (non-hydrogen) atoms. The van der Waals surface area contributed by atoms with Gasteiger partial charge in [-0.3, -0.25) is 4.68 Å². The van der Waals surface area contributed by atoms with E-state index < -0.39 is 23.4 Å². The van der Waals surface area contributed by atoms with Gasteiger partial charge < -0.3 is 5.11 Å². The Kier molecular flexibility index (Phi) is 2.10. The van der Waals surface area contributed by atoms with E-state index >= 15 is 0 Å². The van der Waals surface area contributed by atoms with E-state index in [1.54, 1.807) is 0 Å². The maximum atomic E-state index is 12.6. The number of rotatable bonds is 3. The normalized spacial score (nSPS) is 29.6. The lowest BCUT2D eigenvalue weighted by molar-refractivity contribution is -0.138. The fourth-order valence-corrected chi connectivity index (χ4v) is 3.11. The Labute approximate surface area is 100 Å². The Bertz CT molecular complexity index is 504. The molecule has 0 aromatic carbocycles. The summed E-state index contributed by atoms with van der Waals surface area (Å²) < 4.78 is 38.9. The van der Waals surface area contributed by atoms with Gasteiger partial charge in [-0.05, 0) is 30.6 Å². The SMILES string of the molecule is O=C(O)c1c(C(F)(F)F)cnn1CC12CC(C1)C2. The smallest absolute Gasteiger partial charge is 0.420 e. The summed E-state index contributed by atoms with van der Waals surface area (Å²) in [4.78, 5) is 11.0. The highest BCUT2D eigenvalue weighted by Crippen LogP contribution is 2.65. The molecule has 1 N–H and O–H groups in total. The zero-order chi connectivity index (χ0) is 13.1. The van der Waals surface area contributed by atoms with Crippen molar-refractivity contribution in [3.05, 3.63) is 17.5 Å². The molecule has 1 aromatic rings. The van der Waals surface area contributed by atoms with Gasteiger partial charge in [0.2, 0.25) is 0 Å². The molecule has 0 atom stereocenters. The Hall–Kier alpha value is -1.53. The molecule has 1 heterocycles. The Balaban J connectivity index is 1.94. The third-order valence-electron chi connectivity index (χ3n) is 4.00. The van der Waals surface area contributed by atoms with Crippen molar-refractivity contribution in [2.24, 2.45) is 11.3 Å². The van der Waals surface area contributed by atoms with Crippen LogP contribution in [0.2, 0.25) is 0 Å². The van der Waals surface area contributed by atoms with Gasteiger partial charge in [0.25, 0.3) is 0 Å². The van der Waals surface area contributed by atoms with Crippen molar-refractivity contribution in [2.75, 3.05) is 0 Å². The number of carbonyl (C=O) groups is 1. The highest BCUT2D eigenvalue weighted by atomic mass is 19.4. The fourth-order valence-electron chi connectivity index (χ4n) is 3.11. The average Bonchev–Trinajstić information content (AvgIpc) is 2.51. The number of alkyl halides is 3. The molecule has 0 saturated heterocycles. The molecule has 7 heteroatoms. The summed E-state index contributed by atoms with van der Waals surface area (Å²) >= 11 is 0. The first-order valence-corrected chi connectivity index (χ1v) is 5.67. The van der Waals surface area contributed by atoms with Gasteiger partial charge in [-0.1, -0.05) is 0 Å². The predicted octanol–water partition coefficient (Wildman–Crippen LogP) is 2.40. The molecule has 0 aliphatic heterocycles. The highest BCUT2D eigenvalue weighted by molar-refractivity contribution is 5.87. The number of hydrogen-bond donors (Lipinski definition) is 1. The van der Waals surface area contributed by atoms with Gasteiger partial charge in [0.1, 0.15) is 5.56 Å². The summed E-state index contributed by atoms with van der Waals surface area (Å²) in [5.74, 6) is -0.887. The van der Waals surface area contributed by atoms with Crippen LogP contribution in [0.15, 0.2) is 6.20 Å². The molecule has 3 fully saturated rings. The molecule has 2 bridgehead atoms. The lowest BCUT2D eigenvalue weighted by Crippen LogP contribution is -2.54. The van der Waals surface area contributed by atoms with Crippen LogP contribution in [0.4, 0.5) is 13.2 Å². The lowest BCUT2D eigenvalue weighted by atomic mass is 9.44. The van der Waals surface area contributed by atoms with Crippen molar-refractivity contribution in [3.8, 4) is 0 Å². The van der Waals surface area contributed by atoms with Crippen LogP contribution in [0.3, 0.4) is 0 Å². The molecule has 0 unspecified atom stereocenters. The van der Waals surface area contributed by atoms with Gasteiger partial charge in [-0.15, -0.1) is 0 Å². The molecule has 3 aliphatic rings. The first-order valence-electron chi connectivity index (χ1n) is 5.67. The molecule has 98 valence electrons. The maximum Gasteiger partial charge on any atom is 0.420 e. The molecule has 4 rings (SSSR count). The largest absolute Gasteiger partial charge is 0.477 e. The van der Waals surface area contributed by atoms with Gasteiger partial charge in [0.15, 0.2) is 5.69 Å². The van der Waals surface area contributed by atoms with Crippen LogP contribution in [-0.4, -0.2) is 20.9 Å². The Morgan fingerprint density at radius 2 is 2.11 bits per heavy atom. The second-order valence-corrected chi connectivity index (χ2v) is 5.35. The number of aromatic carboxylic acids is 1. The van der Waals surface area contributed by atoms with E-state index in [1.807, 2.05) is 0 Å². The van der Waals surface area contributed by atoms with Crippen molar-refractivity contribution < 1.29 is 23.1 Å². The van der Waals surface area contributed by atoms with Gasteiger partial charge in [0.05, 0.1) is 6.20 Å². The van der Waals surface area contributed by atoms with Crippen LogP contribution in [0.25, 0.3) is 0 Å². The van der Waals surface area contributed by atoms with E-state index in [9.17, 15) is 18.0 Å². The first-order chi connectivity index (χ1) is 8.31. The van der Waals surface area contributed by atoms with Gasteiger partial charge in [0, 0.05) is 6.54 Å². The summed E-state index contributed by atoms with van der Waals surface area (Å²) in [7, 11) is 0. The van der Waals surface area contributed by atoms with Crippen LogP contribution in [-0.2, 0) is 12.7 Å². The molecule has 3 aliphatic carbocycles. The van der Waals surface area contributed by atoms with E-state index in [-0.39, 0.29) is 12.0 Å². The van der Waals surface area contributed by atoms with Crippen LogP contribution < -0.4 is 0 Å². The molecule has 0 amide bonds. The summed E-state index contributed by atoms with van der Waals surface area (Å²) in [6.45, 7) is 0.279. The maximum absolute atomic E-state index is 12.6. The Morgan fingerprint density at radius 3 is 2.50 bits per heavy atom. The molecule has 3 saturated carbocycles. The van der Waals surface area contributed by atoms with Crippen molar-refractivity contribution in [1.82, 2.24) is 9.78 Å². The van der Waals surface area contributed by atoms with Gasteiger partial charge in [-0.2, -0.15) is 18.3 Å². The topological polar surface area (TPSA) is 55.1 Å². The van der Waals surface area contributed by atoms with Crippen molar-refractivity contribution >= 4 is 5.97 Å². The third-order valence-corrected chi connectivity index (χ3v) is 4.00. The molecule has 4 nitrogen and oxygen atoms in total. The van der Waals surface area contributed by atoms with Crippen molar-refractivity contribution in [3.63, 3.8) is 0 Å². The zero-order valence-corrected chi connectivity index (χ0v) is 9.37. The quantitative estimate of drug-likeness (QED) is 0.907. The van der Waals surface area contributed by atoms with Gasteiger partial charge in [-0.25, -0.2) is 4.79 Å². The molecular formula is C11H11F3N2O2. The highest BCUT2D eigenvalue weighted by Gasteiger charge is 2.57. The van der Waals surface area contributed by atoms with Crippen LogP contribution in [0.5, 0.6) is 0 Å². The number of carboxylic acid groups (broad SMARTS) is 1. The fraction of sp³-hybridized carbons (Fsp3) is 0.636. The van der Waals surface area contributed by atoms with E-state index in [4.69, 9.17) is 5.11 Å². The standard InChI is InChI=1S/C11H11F3N2O2/c12-11(13,14)7-4-15-16(8(7)9(17)18)5-10-1-6(2-10)3-10/h4,6H,1-3,5H2,(H,17,18). The minimum atomic E-state index is -4.68. The number of carboxylic acids is 1. The second kappa shape index (κ2) is 3.27. The van der Waals surface area contributed by atoms with Crippen LogP contribution in [0.1, 0.15) is 35.3 Å². The summed E-state index contributed by atoms with van der Waals surface area (Å²) in [6.07, 6.45) is -1.13. The number of nitrogens with zero attached hydrogens (tertiary/aromatic N) is 2. The van der Waals surface area contributed by atoms with Crippen molar-refractivity contribution in [1.29, 1.82) is 0 Å². The number of halogens is 3. The van der Waals surface area contributed by atoms with Crippen LogP contribution in [0, 0.1) is 11.3 Å². The molecule has 1 aromatic heterocycles. The van der Waals surface area contributed by atoms with E-state index in [0.717, 1.165) is 23.9 Å². The van der Waals surface area contributed by atoms with E-state index in [0.29, 0.717) is 12.1 Å². The Morgan fingerprint density at radius 1 is 1.50 bits per heavy atom. The summed E-state index contributed by atoms with van der Waals surface area (Å²) in [5, 5.41) is 12.5. The second-order valence-electron chi connectivity index (χ2n) is 5.35. The summed E-state index contributed by atoms with van der Waals surface area (Å²) in [6, 6.07) is 0. The number of aromatic nitrogens is 2.